The van der Waals surface area contributed by atoms with Gasteiger partial charge < -0.3 is 0 Å². The largest absolute Gasteiger partial charge is 0.0988 e. The van der Waals surface area contributed by atoms with Crippen LogP contribution in [0.25, 0.3) is 0 Å². The highest BCUT2D eigenvalue weighted by Crippen LogP contribution is 2.39. The predicted molar refractivity (Wildman–Crippen MR) is 82.7 cm³/mol. The van der Waals surface area contributed by atoms with Gasteiger partial charge in [-0.3, -0.25) is 0 Å². The molecule has 0 aromatic carbocycles. The fourth-order valence-electron chi connectivity index (χ4n) is 3.71. The van der Waals surface area contributed by atoms with Crippen LogP contribution in [0.2, 0.25) is 0 Å². The molecule has 18 heavy (non-hydrogen) atoms. The van der Waals surface area contributed by atoms with Crippen LogP contribution in [0.3, 0.4) is 0 Å². The molecule has 0 aromatic heterocycles. The zero-order chi connectivity index (χ0) is 13.5. The Balaban J connectivity index is 2.50. The molecule has 0 saturated heterocycles. The van der Waals surface area contributed by atoms with Crippen LogP contribution >= 0.6 is 0 Å². The van der Waals surface area contributed by atoms with E-state index in [2.05, 4.69) is 34.3 Å². The molecule has 1 saturated carbocycles. The quantitative estimate of drug-likeness (QED) is 0.475. The Bertz CT molecular complexity index is 284. The molecule has 3 unspecified atom stereocenters. The average Bonchev–Trinajstić information content (AvgIpc) is 2.82. The van der Waals surface area contributed by atoms with Crippen LogP contribution in [-0.4, -0.2) is 0 Å². The monoisotopic (exact) mass is 248 g/mol. The van der Waals surface area contributed by atoms with E-state index in [9.17, 15) is 0 Å². The van der Waals surface area contributed by atoms with E-state index in [0.717, 1.165) is 17.8 Å². The highest BCUT2D eigenvalue weighted by atomic mass is 14.3. The Hall–Kier alpha value is -0.520. The Morgan fingerprint density at radius 3 is 2.50 bits per heavy atom. The van der Waals surface area contributed by atoms with Crippen molar-refractivity contribution in [2.24, 2.45) is 17.8 Å². The highest BCUT2D eigenvalue weighted by Gasteiger charge is 2.27. The summed E-state index contributed by atoms with van der Waals surface area (Å²) in [6.07, 6.45) is 11.7. The molecule has 3 atom stereocenters. The van der Waals surface area contributed by atoms with Gasteiger partial charge in [-0.25, -0.2) is 0 Å². The van der Waals surface area contributed by atoms with Crippen LogP contribution in [0.4, 0.5) is 0 Å². The van der Waals surface area contributed by atoms with Crippen molar-refractivity contribution >= 4 is 0 Å². The maximum Gasteiger partial charge on any atom is -0.0289 e. The molecule has 0 nitrogen and oxygen atoms in total. The third kappa shape index (κ3) is 4.30. The fraction of sp³-hybridized carbons (Fsp3) is 0.778. The van der Waals surface area contributed by atoms with Crippen LogP contribution in [0.1, 0.15) is 72.6 Å². The molecule has 0 heterocycles. The molecule has 0 aromatic rings. The van der Waals surface area contributed by atoms with E-state index < -0.39 is 0 Å². The molecule has 0 amide bonds. The maximum absolute atomic E-state index is 3.91. The summed E-state index contributed by atoms with van der Waals surface area (Å²) < 4.78 is 0. The van der Waals surface area contributed by atoms with E-state index in [1.54, 1.807) is 5.57 Å². The van der Waals surface area contributed by atoms with Crippen LogP contribution < -0.4 is 0 Å². The zero-order valence-electron chi connectivity index (χ0n) is 13.0. The molecule has 0 aliphatic heterocycles. The summed E-state index contributed by atoms with van der Waals surface area (Å²) in [5.74, 6) is 2.86. The first kappa shape index (κ1) is 15.5. The smallest absolute Gasteiger partial charge is 0.0289 e. The second-order valence-electron chi connectivity index (χ2n) is 6.25. The maximum atomic E-state index is 3.91. The van der Waals surface area contributed by atoms with Crippen molar-refractivity contribution in [2.45, 2.75) is 72.6 Å². The van der Waals surface area contributed by atoms with Crippen molar-refractivity contribution in [1.29, 1.82) is 0 Å². The molecule has 0 N–H and O–H groups in total. The second kappa shape index (κ2) is 7.81. The van der Waals surface area contributed by atoms with Crippen LogP contribution in [0, 0.1) is 17.8 Å². The van der Waals surface area contributed by atoms with Gasteiger partial charge in [-0.2, -0.15) is 0 Å². The lowest BCUT2D eigenvalue weighted by Crippen LogP contribution is -2.12. The summed E-state index contributed by atoms with van der Waals surface area (Å²) in [7, 11) is 0. The average molecular weight is 248 g/mol. The van der Waals surface area contributed by atoms with Gasteiger partial charge in [-0.1, -0.05) is 70.3 Å². The van der Waals surface area contributed by atoms with Gasteiger partial charge >= 0.3 is 0 Å². The van der Waals surface area contributed by atoms with E-state index in [1.807, 2.05) is 6.08 Å². The number of hydrogen-bond acceptors (Lipinski definition) is 0. The molecule has 0 radical (unpaired) electrons. The Morgan fingerprint density at radius 2 is 1.94 bits per heavy atom. The minimum atomic E-state index is 0.840. The van der Waals surface area contributed by atoms with Gasteiger partial charge in [-0.05, 0) is 43.9 Å². The highest BCUT2D eigenvalue weighted by molar-refractivity contribution is 5.21. The van der Waals surface area contributed by atoms with Gasteiger partial charge in [-0.15, -0.1) is 0 Å². The molecule has 1 fully saturated rings. The lowest BCUT2D eigenvalue weighted by Gasteiger charge is -2.23. The lowest BCUT2D eigenvalue weighted by atomic mass is 9.83. The summed E-state index contributed by atoms with van der Waals surface area (Å²) in [6.45, 7) is 13.2. The number of allylic oxidation sites excluding steroid dienone is 3. The van der Waals surface area contributed by atoms with Crippen molar-refractivity contribution < 1.29 is 0 Å². The molecule has 0 heteroatoms. The van der Waals surface area contributed by atoms with Crippen LogP contribution in [0.15, 0.2) is 23.8 Å². The lowest BCUT2D eigenvalue weighted by molar-refractivity contribution is 0.304. The van der Waals surface area contributed by atoms with E-state index in [4.69, 9.17) is 0 Å². The first-order valence-electron chi connectivity index (χ1n) is 7.93. The van der Waals surface area contributed by atoms with E-state index in [1.165, 1.54) is 50.5 Å². The number of rotatable bonds is 7. The van der Waals surface area contributed by atoms with Gasteiger partial charge in [0.15, 0.2) is 0 Å². The van der Waals surface area contributed by atoms with Crippen molar-refractivity contribution in [3.05, 3.63) is 23.8 Å². The van der Waals surface area contributed by atoms with Crippen molar-refractivity contribution in [3.63, 3.8) is 0 Å². The fourth-order valence-corrected chi connectivity index (χ4v) is 3.71. The molecular weight excluding hydrogens is 216 g/mol. The van der Waals surface area contributed by atoms with Crippen molar-refractivity contribution in [2.75, 3.05) is 0 Å². The van der Waals surface area contributed by atoms with E-state index in [-0.39, 0.29) is 0 Å². The van der Waals surface area contributed by atoms with Crippen LogP contribution in [0.5, 0.6) is 0 Å². The Kier molecular flexibility index (Phi) is 6.75. The van der Waals surface area contributed by atoms with E-state index >= 15 is 0 Å². The molecule has 1 aliphatic rings. The molecular formula is C18H32. The molecule has 1 rings (SSSR count). The minimum Gasteiger partial charge on any atom is -0.0988 e. The molecule has 0 spiro atoms. The van der Waals surface area contributed by atoms with Crippen molar-refractivity contribution in [1.82, 2.24) is 0 Å². The van der Waals surface area contributed by atoms with Crippen LogP contribution in [-0.2, 0) is 0 Å². The first-order valence-corrected chi connectivity index (χ1v) is 7.93. The van der Waals surface area contributed by atoms with Gasteiger partial charge in [0.2, 0.25) is 0 Å². The summed E-state index contributed by atoms with van der Waals surface area (Å²) in [5.41, 5.74) is 3.02. The van der Waals surface area contributed by atoms with E-state index in [0.29, 0.717) is 0 Å². The summed E-state index contributed by atoms with van der Waals surface area (Å²) in [4.78, 5) is 0. The SMILES string of the molecule is C=C/C(C)=C(/CC)CC(C)CC1CCCC1CC. The third-order valence-corrected chi connectivity index (χ3v) is 4.93. The topological polar surface area (TPSA) is 0 Å². The summed E-state index contributed by atoms with van der Waals surface area (Å²) >= 11 is 0. The molecule has 104 valence electrons. The Labute approximate surface area is 115 Å². The third-order valence-electron chi connectivity index (χ3n) is 4.93. The molecule has 0 bridgehead atoms. The van der Waals surface area contributed by atoms with Gasteiger partial charge in [0.05, 0.1) is 0 Å². The van der Waals surface area contributed by atoms with Crippen molar-refractivity contribution in [3.8, 4) is 0 Å². The second-order valence-corrected chi connectivity index (χ2v) is 6.25. The normalized spacial score (nSPS) is 26.9. The summed E-state index contributed by atoms with van der Waals surface area (Å²) in [6, 6.07) is 0. The predicted octanol–water partition coefficient (Wildman–Crippen LogP) is 6.14. The van der Waals surface area contributed by atoms with Gasteiger partial charge in [0.25, 0.3) is 0 Å². The van der Waals surface area contributed by atoms with Gasteiger partial charge in [0.1, 0.15) is 0 Å². The minimum absolute atomic E-state index is 0.840. The standard InChI is InChI=1S/C18H32/c1-6-15(5)17(8-3)12-14(4)13-18-11-9-10-16(18)7-2/h6,14,16,18H,1,7-13H2,2-5H3/b17-15-. The number of hydrogen-bond donors (Lipinski definition) is 0. The zero-order valence-corrected chi connectivity index (χ0v) is 13.0. The summed E-state index contributed by atoms with van der Waals surface area (Å²) in [5, 5.41) is 0. The van der Waals surface area contributed by atoms with Gasteiger partial charge in [0, 0.05) is 0 Å². The Morgan fingerprint density at radius 1 is 1.28 bits per heavy atom. The molecule has 1 aliphatic carbocycles. The first-order chi connectivity index (χ1) is 8.62.